The van der Waals surface area contributed by atoms with Crippen LogP contribution < -0.4 is 15.5 Å². The molecule has 2 heterocycles. The number of hydrogen-bond acceptors (Lipinski definition) is 2. The minimum Gasteiger partial charge on any atom is -0.361 e. The molecule has 6 nitrogen and oxygen atoms in total. The first-order valence-corrected chi connectivity index (χ1v) is 10.2. The van der Waals surface area contributed by atoms with Crippen molar-refractivity contribution >= 4 is 28.5 Å². The highest BCUT2D eigenvalue weighted by molar-refractivity contribution is 5.95. The molecular formula is C23H26FN5O. The molecule has 1 saturated heterocycles. The Morgan fingerprint density at radius 2 is 2.03 bits per heavy atom. The molecule has 1 aromatic heterocycles. The number of H-pyrrole nitrogens is 1. The number of nitrogens with one attached hydrogen (secondary N) is 3. The average Bonchev–Trinajstić information content (AvgIpc) is 3.36. The molecular weight excluding hydrogens is 381 g/mol. The van der Waals surface area contributed by atoms with E-state index in [0.29, 0.717) is 19.5 Å². The summed E-state index contributed by atoms with van der Waals surface area (Å²) in [5.74, 6) is 0.684. The van der Waals surface area contributed by atoms with E-state index in [-0.39, 0.29) is 11.7 Å². The number of amides is 1. The topological polar surface area (TPSA) is 72.5 Å². The Kier molecular flexibility index (Phi) is 5.97. The lowest BCUT2D eigenvalue weighted by Crippen LogP contribution is -2.37. The zero-order valence-electron chi connectivity index (χ0n) is 17.0. The minimum absolute atomic E-state index is 0.200. The number of guanidine groups is 1. The highest BCUT2D eigenvalue weighted by Gasteiger charge is 2.21. The van der Waals surface area contributed by atoms with Crippen molar-refractivity contribution in [2.75, 3.05) is 25.0 Å². The average molecular weight is 407 g/mol. The molecule has 1 aliphatic heterocycles. The van der Waals surface area contributed by atoms with Crippen LogP contribution >= 0.6 is 0 Å². The standard InChI is InChI=1S/C23H26FN5O/c1-25-23(26-11-10-17-15-27-21-13-18(24)6-9-20(17)21)28-14-16-4-7-19(8-5-16)29-12-2-3-22(29)30/h4-9,13,15,27H,2-3,10-12,14H2,1H3,(H2,25,26,28). The second-order valence-electron chi connectivity index (χ2n) is 7.42. The number of hydrogen-bond donors (Lipinski definition) is 3. The predicted octanol–water partition coefficient (Wildman–Crippen LogP) is 3.34. The maximum atomic E-state index is 13.3. The number of nitrogens with zero attached hydrogens (tertiary/aromatic N) is 2. The van der Waals surface area contributed by atoms with Gasteiger partial charge in [-0.2, -0.15) is 0 Å². The molecule has 3 N–H and O–H groups in total. The van der Waals surface area contributed by atoms with Gasteiger partial charge in [-0.15, -0.1) is 0 Å². The molecule has 0 spiro atoms. The van der Waals surface area contributed by atoms with E-state index < -0.39 is 0 Å². The number of anilines is 1. The van der Waals surface area contributed by atoms with Gasteiger partial charge in [-0.3, -0.25) is 9.79 Å². The molecule has 0 saturated carbocycles. The van der Waals surface area contributed by atoms with E-state index in [0.717, 1.165) is 53.1 Å². The van der Waals surface area contributed by atoms with Crippen LogP contribution in [0.2, 0.25) is 0 Å². The number of aliphatic imine (C=N–C) groups is 1. The molecule has 7 heteroatoms. The molecule has 1 fully saturated rings. The fourth-order valence-electron chi connectivity index (χ4n) is 3.80. The third-order valence-electron chi connectivity index (χ3n) is 5.42. The Balaban J connectivity index is 1.27. The lowest BCUT2D eigenvalue weighted by molar-refractivity contribution is -0.117. The van der Waals surface area contributed by atoms with Gasteiger partial charge in [-0.25, -0.2) is 4.39 Å². The Labute approximate surface area is 175 Å². The summed E-state index contributed by atoms with van der Waals surface area (Å²) >= 11 is 0. The summed E-state index contributed by atoms with van der Waals surface area (Å²) in [6, 6.07) is 12.9. The van der Waals surface area contributed by atoms with E-state index in [4.69, 9.17) is 0 Å². The van der Waals surface area contributed by atoms with Gasteiger partial charge in [0.1, 0.15) is 5.82 Å². The lowest BCUT2D eigenvalue weighted by Gasteiger charge is -2.16. The van der Waals surface area contributed by atoms with Crippen molar-refractivity contribution in [1.82, 2.24) is 15.6 Å². The molecule has 30 heavy (non-hydrogen) atoms. The Bertz CT molecular complexity index is 1060. The molecule has 0 aliphatic carbocycles. The van der Waals surface area contributed by atoms with Crippen molar-refractivity contribution in [3.05, 3.63) is 65.6 Å². The number of fused-ring (bicyclic) bond motifs is 1. The largest absolute Gasteiger partial charge is 0.361 e. The van der Waals surface area contributed by atoms with Crippen molar-refractivity contribution in [2.24, 2.45) is 4.99 Å². The number of benzene rings is 2. The van der Waals surface area contributed by atoms with Gasteiger partial charge < -0.3 is 20.5 Å². The second kappa shape index (κ2) is 8.98. The van der Waals surface area contributed by atoms with E-state index in [1.165, 1.54) is 12.1 Å². The van der Waals surface area contributed by atoms with Crippen LogP contribution in [0.3, 0.4) is 0 Å². The summed E-state index contributed by atoms with van der Waals surface area (Å²) in [6.07, 6.45) is 4.29. The van der Waals surface area contributed by atoms with Crippen LogP contribution in [0.1, 0.15) is 24.0 Å². The summed E-state index contributed by atoms with van der Waals surface area (Å²) < 4.78 is 13.3. The number of halogens is 1. The molecule has 1 aliphatic rings. The van der Waals surface area contributed by atoms with Crippen LogP contribution in [0.4, 0.5) is 10.1 Å². The first kappa shape index (κ1) is 19.9. The van der Waals surface area contributed by atoms with E-state index in [9.17, 15) is 9.18 Å². The maximum Gasteiger partial charge on any atom is 0.227 e. The first-order valence-electron chi connectivity index (χ1n) is 10.2. The van der Waals surface area contributed by atoms with Crippen LogP contribution in [0, 0.1) is 5.82 Å². The molecule has 156 valence electrons. The molecule has 3 aromatic rings. The van der Waals surface area contributed by atoms with Gasteiger partial charge in [0.2, 0.25) is 5.91 Å². The smallest absolute Gasteiger partial charge is 0.227 e. The van der Waals surface area contributed by atoms with Crippen LogP contribution in [0.15, 0.2) is 53.7 Å². The predicted molar refractivity (Wildman–Crippen MR) is 118 cm³/mol. The van der Waals surface area contributed by atoms with Crippen LogP contribution in [0.25, 0.3) is 10.9 Å². The highest BCUT2D eigenvalue weighted by Crippen LogP contribution is 2.22. The fourth-order valence-corrected chi connectivity index (χ4v) is 3.80. The lowest BCUT2D eigenvalue weighted by atomic mass is 10.1. The van der Waals surface area contributed by atoms with Gasteiger partial charge in [0.25, 0.3) is 0 Å². The van der Waals surface area contributed by atoms with Crippen LogP contribution in [-0.2, 0) is 17.8 Å². The quantitative estimate of drug-likeness (QED) is 0.434. The maximum absolute atomic E-state index is 13.3. The van der Waals surface area contributed by atoms with E-state index in [1.54, 1.807) is 7.05 Å². The molecule has 0 unspecified atom stereocenters. The summed E-state index contributed by atoms with van der Waals surface area (Å²) in [4.78, 5) is 21.1. The van der Waals surface area contributed by atoms with E-state index in [1.807, 2.05) is 41.4 Å². The van der Waals surface area contributed by atoms with Crippen molar-refractivity contribution in [3.63, 3.8) is 0 Å². The van der Waals surface area contributed by atoms with Gasteiger partial charge >= 0.3 is 0 Å². The third kappa shape index (κ3) is 4.45. The number of carbonyl (C=O) groups excluding carboxylic acids is 1. The molecule has 2 aromatic carbocycles. The normalized spacial score (nSPS) is 14.5. The number of aromatic amines is 1. The Morgan fingerprint density at radius 1 is 1.20 bits per heavy atom. The van der Waals surface area contributed by atoms with Crippen molar-refractivity contribution < 1.29 is 9.18 Å². The number of aromatic nitrogens is 1. The van der Waals surface area contributed by atoms with Gasteiger partial charge in [-0.05, 0) is 54.3 Å². The molecule has 4 rings (SSSR count). The van der Waals surface area contributed by atoms with Crippen molar-refractivity contribution in [2.45, 2.75) is 25.8 Å². The molecule has 0 radical (unpaired) electrons. The summed E-state index contributed by atoms with van der Waals surface area (Å²) in [7, 11) is 1.74. The van der Waals surface area contributed by atoms with Gasteiger partial charge in [0.15, 0.2) is 5.96 Å². The van der Waals surface area contributed by atoms with E-state index >= 15 is 0 Å². The molecule has 0 atom stereocenters. The van der Waals surface area contributed by atoms with Crippen molar-refractivity contribution in [3.8, 4) is 0 Å². The van der Waals surface area contributed by atoms with Crippen LogP contribution in [0.5, 0.6) is 0 Å². The van der Waals surface area contributed by atoms with E-state index in [2.05, 4.69) is 20.6 Å². The fraction of sp³-hybridized carbons (Fsp3) is 0.304. The first-order chi connectivity index (χ1) is 14.6. The number of rotatable bonds is 6. The Hall–Kier alpha value is -3.35. The summed E-state index contributed by atoms with van der Waals surface area (Å²) in [5.41, 5.74) is 4.03. The third-order valence-corrected chi connectivity index (χ3v) is 5.42. The van der Waals surface area contributed by atoms with Gasteiger partial charge in [0, 0.05) is 55.9 Å². The van der Waals surface area contributed by atoms with Gasteiger partial charge in [0.05, 0.1) is 0 Å². The molecule has 1 amide bonds. The van der Waals surface area contributed by atoms with Gasteiger partial charge in [-0.1, -0.05) is 12.1 Å². The van der Waals surface area contributed by atoms with Crippen LogP contribution in [-0.4, -0.2) is 37.0 Å². The monoisotopic (exact) mass is 407 g/mol. The number of carbonyl (C=O) groups is 1. The van der Waals surface area contributed by atoms with Crippen molar-refractivity contribution in [1.29, 1.82) is 0 Å². The zero-order valence-corrected chi connectivity index (χ0v) is 17.0. The zero-order chi connectivity index (χ0) is 20.9. The second-order valence-corrected chi connectivity index (χ2v) is 7.42. The Morgan fingerprint density at radius 3 is 2.77 bits per heavy atom. The minimum atomic E-state index is -0.237. The highest BCUT2D eigenvalue weighted by atomic mass is 19.1. The summed E-state index contributed by atoms with van der Waals surface area (Å²) in [6.45, 7) is 2.15. The summed E-state index contributed by atoms with van der Waals surface area (Å²) in [5, 5.41) is 7.66. The SMILES string of the molecule is CN=C(NCCc1c[nH]c2cc(F)ccc12)NCc1ccc(N2CCCC2=O)cc1. The molecule has 0 bridgehead atoms.